The molecule has 0 unspecified atom stereocenters. The Hall–Kier alpha value is -3.70. The van der Waals surface area contributed by atoms with Crippen LogP contribution in [0, 0.1) is 0 Å². The molecule has 3 aromatic rings. The molecule has 1 N–H and O–H groups in total. The molecule has 0 aliphatic heterocycles. The van der Waals surface area contributed by atoms with Gasteiger partial charge in [0, 0.05) is 26.8 Å². The summed E-state index contributed by atoms with van der Waals surface area (Å²) in [6.45, 7) is 0.0874. The van der Waals surface area contributed by atoms with E-state index in [-0.39, 0.29) is 18.9 Å². The van der Waals surface area contributed by atoms with Crippen molar-refractivity contribution in [2.75, 3.05) is 19.5 Å². The summed E-state index contributed by atoms with van der Waals surface area (Å²) in [5.41, 5.74) is 1.88. The van der Waals surface area contributed by atoms with Crippen LogP contribution in [0.3, 0.4) is 0 Å². The van der Waals surface area contributed by atoms with Gasteiger partial charge in [-0.3, -0.25) is 4.79 Å². The monoisotopic (exact) mass is 425 g/mol. The maximum absolute atomic E-state index is 12.1. The van der Waals surface area contributed by atoms with Crippen LogP contribution in [0.4, 0.5) is 5.82 Å². The molecule has 1 aromatic carbocycles. The van der Waals surface area contributed by atoms with E-state index in [0.29, 0.717) is 23.0 Å². The molecule has 0 bridgehead atoms. The molecule has 11 nitrogen and oxygen atoms in total. The number of carbonyl (C=O) groups is 1. The van der Waals surface area contributed by atoms with E-state index in [0.717, 1.165) is 5.56 Å². The molecule has 11 heteroatoms. The lowest BCUT2D eigenvalue weighted by Crippen LogP contribution is -2.23. The van der Waals surface area contributed by atoms with E-state index in [1.807, 2.05) is 30.3 Å². The Morgan fingerprint density at radius 3 is 2.58 bits per heavy atom. The maximum atomic E-state index is 12.1. The van der Waals surface area contributed by atoms with Gasteiger partial charge in [-0.15, -0.1) is 5.10 Å². The Kier molecular flexibility index (Phi) is 7.73. The molecule has 0 spiro atoms. The number of anilines is 1. The fourth-order valence-electron chi connectivity index (χ4n) is 2.65. The van der Waals surface area contributed by atoms with Crippen molar-refractivity contribution in [2.45, 2.75) is 19.3 Å². The lowest BCUT2D eigenvalue weighted by Gasteiger charge is -2.13. The molecular weight excluding hydrogens is 402 g/mol. The molecule has 0 saturated carbocycles. The summed E-state index contributed by atoms with van der Waals surface area (Å²) >= 11 is 0. The van der Waals surface area contributed by atoms with Crippen molar-refractivity contribution in [3.8, 4) is 0 Å². The number of aryl methyl sites for hydroxylation is 1. The van der Waals surface area contributed by atoms with Crippen LogP contribution in [0.2, 0.25) is 0 Å². The smallest absolute Gasteiger partial charge is 0.230 e. The molecule has 3 rings (SSSR count). The summed E-state index contributed by atoms with van der Waals surface area (Å²) in [6.07, 6.45) is -0.571. The summed E-state index contributed by atoms with van der Waals surface area (Å²) in [5.74, 6) is 0.575. The minimum absolute atomic E-state index is 0.0475. The number of nitrogens with one attached hydrogen (secondary N) is 1. The van der Waals surface area contributed by atoms with Crippen LogP contribution in [-0.2, 0) is 32.8 Å². The van der Waals surface area contributed by atoms with Gasteiger partial charge >= 0.3 is 0 Å². The van der Waals surface area contributed by atoms with Crippen molar-refractivity contribution in [1.82, 2.24) is 25.2 Å². The number of benzene rings is 1. The van der Waals surface area contributed by atoms with Crippen LogP contribution >= 0.6 is 0 Å². The number of methoxy groups -OCH3 is 2. The summed E-state index contributed by atoms with van der Waals surface area (Å²) in [5, 5.41) is 18.5. The van der Waals surface area contributed by atoms with E-state index < -0.39 is 6.29 Å². The number of nitrogens with zero attached hydrogens (tertiary/aromatic N) is 6. The van der Waals surface area contributed by atoms with Crippen LogP contribution in [0.5, 0.6) is 0 Å². The summed E-state index contributed by atoms with van der Waals surface area (Å²) in [6, 6.07) is 14.7. The minimum atomic E-state index is -0.618. The fourth-order valence-corrected chi connectivity index (χ4v) is 2.65. The Labute approximate surface area is 179 Å². The Morgan fingerprint density at radius 2 is 1.90 bits per heavy atom. The van der Waals surface area contributed by atoms with E-state index in [2.05, 4.69) is 31.0 Å². The molecule has 0 saturated heterocycles. The van der Waals surface area contributed by atoms with Crippen molar-refractivity contribution in [1.29, 1.82) is 0 Å². The SMILES string of the molecule is COC(CC(=O)Nc1cccc(CON=C(c2ccccc2)c2nnnn2C)n1)OC. The van der Waals surface area contributed by atoms with Crippen molar-refractivity contribution >= 4 is 17.4 Å². The average molecular weight is 425 g/mol. The number of hydrogen-bond acceptors (Lipinski definition) is 9. The predicted octanol–water partition coefficient (Wildman–Crippen LogP) is 1.52. The van der Waals surface area contributed by atoms with Crippen LogP contribution in [0.15, 0.2) is 53.7 Å². The number of pyridine rings is 1. The standard InChI is InChI=1S/C20H23N7O4/c1-27-20(23-25-26-27)19(14-8-5-4-6-9-14)24-31-13-15-10-7-11-16(21-15)22-17(28)12-18(29-2)30-3/h4-11,18H,12-13H2,1-3H3,(H,21,22,28). The van der Waals surface area contributed by atoms with Gasteiger partial charge in [0.2, 0.25) is 11.7 Å². The molecular formula is C20H23N7O4. The molecule has 2 aromatic heterocycles. The van der Waals surface area contributed by atoms with E-state index in [1.54, 1.807) is 25.2 Å². The van der Waals surface area contributed by atoms with Gasteiger partial charge in [-0.05, 0) is 22.6 Å². The minimum Gasteiger partial charge on any atom is -0.389 e. The van der Waals surface area contributed by atoms with E-state index >= 15 is 0 Å². The molecule has 0 atom stereocenters. The summed E-state index contributed by atoms with van der Waals surface area (Å²) in [7, 11) is 4.66. The number of tetrazole rings is 1. The summed E-state index contributed by atoms with van der Waals surface area (Å²) < 4.78 is 11.6. The van der Waals surface area contributed by atoms with Crippen molar-refractivity contribution in [3.05, 3.63) is 65.6 Å². The van der Waals surface area contributed by atoms with Crippen LogP contribution in [0.25, 0.3) is 0 Å². The Bertz CT molecular complexity index is 1020. The lowest BCUT2D eigenvalue weighted by molar-refractivity contribution is -0.134. The molecule has 0 aliphatic carbocycles. The van der Waals surface area contributed by atoms with Gasteiger partial charge in [0.15, 0.2) is 18.6 Å². The van der Waals surface area contributed by atoms with E-state index in [1.165, 1.54) is 18.9 Å². The Balaban J connectivity index is 1.68. The van der Waals surface area contributed by atoms with E-state index in [4.69, 9.17) is 14.3 Å². The zero-order chi connectivity index (χ0) is 22.1. The number of oxime groups is 1. The largest absolute Gasteiger partial charge is 0.389 e. The first kappa shape index (κ1) is 22.0. The van der Waals surface area contributed by atoms with Gasteiger partial charge in [0.25, 0.3) is 0 Å². The van der Waals surface area contributed by atoms with Gasteiger partial charge < -0.3 is 19.6 Å². The van der Waals surface area contributed by atoms with Crippen molar-refractivity contribution < 1.29 is 19.1 Å². The summed E-state index contributed by atoms with van der Waals surface area (Å²) in [4.78, 5) is 22.0. The molecule has 162 valence electrons. The highest BCUT2D eigenvalue weighted by molar-refractivity contribution is 6.10. The molecule has 0 radical (unpaired) electrons. The molecule has 0 aliphatic rings. The highest BCUT2D eigenvalue weighted by Crippen LogP contribution is 2.11. The first-order chi connectivity index (χ1) is 15.1. The third kappa shape index (κ3) is 6.14. The number of rotatable bonds is 10. The quantitative estimate of drug-likeness (QED) is 0.294. The van der Waals surface area contributed by atoms with Gasteiger partial charge in [0.1, 0.15) is 5.82 Å². The third-order valence-electron chi connectivity index (χ3n) is 4.20. The first-order valence-corrected chi connectivity index (χ1v) is 9.40. The molecule has 31 heavy (non-hydrogen) atoms. The Morgan fingerprint density at radius 1 is 1.13 bits per heavy atom. The molecule has 2 heterocycles. The topological polar surface area (TPSA) is 126 Å². The number of carbonyl (C=O) groups excluding carboxylic acids is 1. The average Bonchev–Trinajstić information content (AvgIpc) is 3.21. The lowest BCUT2D eigenvalue weighted by atomic mass is 10.1. The zero-order valence-corrected chi connectivity index (χ0v) is 17.4. The number of amides is 1. The van der Waals surface area contributed by atoms with Crippen LogP contribution in [0.1, 0.15) is 23.5 Å². The highest BCUT2D eigenvalue weighted by Gasteiger charge is 2.15. The van der Waals surface area contributed by atoms with Crippen molar-refractivity contribution in [2.24, 2.45) is 12.2 Å². The second-order valence-corrected chi connectivity index (χ2v) is 6.37. The molecule has 1 amide bonds. The maximum Gasteiger partial charge on any atom is 0.230 e. The van der Waals surface area contributed by atoms with Gasteiger partial charge in [-0.25, -0.2) is 9.67 Å². The van der Waals surface area contributed by atoms with Gasteiger partial charge in [-0.1, -0.05) is 41.6 Å². The van der Waals surface area contributed by atoms with Crippen LogP contribution in [-0.4, -0.2) is 57.3 Å². The van der Waals surface area contributed by atoms with Gasteiger partial charge in [0.05, 0.1) is 12.1 Å². The second-order valence-electron chi connectivity index (χ2n) is 6.37. The zero-order valence-electron chi connectivity index (χ0n) is 17.4. The fraction of sp³-hybridized carbons (Fsp3) is 0.300. The highest BCUT2D eigenvalue weighted by atomic mass is 16.7. The number of hydrogen-bond donors (Lipinski definition) is 1. The second kappa shape index (κ2) is 10.9. The molecule has 0 fully saturated rings. The number of aromatic nitrogens is 5. The normalized spacial score (nSPS) is 11.5. The van der Waals surface area contributed by atoms with E-state index in [9.17, 15) is 4.79 Å². The van der Waals surface area contributed by atoms with Crippen LogP contribution < -0.4 is 5.32 Å². The number of ether oxygens (including phenoxy) is 2. The first-order valence-electron chi connectivity index (χ1n) is 9.40. The predicted molar refractivity (Wildman–Crippen MR) is 111 cm³/mol. The van der Waals surface area contributed by atoms with Gasteiger partial charge in [-0.2, -0.15) is 0 Å². The van der Waals surface area contributed by atoms with Crippen molar-refractivity contribution in [3.63, 3.8) is 0 Å². The third-order valence-corrected chi connectivity index (χ3v) is 4.20.